The summed E-state index contributed by atoms with van der Waals surface area (Å²) in [6.07, 6.45) is 3.43. The van der Waals surface area contributed by atoms with E-state index < -0.39 is 0 Å². The summed E-state index contributed by atoms with van der Waals surface area (Å²) in [5.74, 6) is 0.183. The lowest BCUT2D eigenvalue weighted by Gasteiger charge is -2.38. The molecule has 3 amide bonds. The van der Waals surface area contributed by atoms with E-state index in [0.717, 1.165) is 29.9 Å². The summed E-state index contributed by atoms with van der Waals surface area (Å²) in [5.41, 5.74) is 3.96. The molecule has 0 atom stereocenters. The van der Waals surface area contributed by atoms with Gasteiger partial charge in [-0.05, 0) is 43.5 Å². The first-order valence-electron chi connectivity index (χ1n) is 9.31. The Balaban J connectivity index is 1.29. The summed E-state index contributed by atoms with van der Waals surface area (Å²) in [4.78, 5) is 27.7. The molecule has 8 heteroatoms. The predicted molar refractivity (Wildman–Crippen MR) is 100 cm³/mol. The molecule has 0 aliphatic carbocycles. The van der Waals surface area contributed by atoms with E-state index in [4.69, 9.17) is 0 Å². The van der Waals surface area contributed by atoms with Gasteiger partial charge in [0.2, 0.25) is 5.91 Å². The lowest BCUT2D eigenvalue weighted by molar-refractivity contribution is -0.128. The van der Waals surface area contributed by atoms with E-state index >= 15 is 0 Å². The summed E-state index contributed by atoms with van der Waals surface area (Å²) in [7, 11) is 0. The van der Waals surface area contributed by atoms with E-state index in [0.29, 0.717) is 26.1 Å². The van der Waals surface area contributed by atoms with Crippen LogP contribution in [0.25, 0.3) is 0 Å². The van der Waals surface area contributed by atoms with Crippen LogP contribution < -0.4 is 5.32 Å². The van der Waals surface area contributed by atoms with Crippen molar-refractivity contribution in [3.8, 4) is 0 Å². The Bertz CT molecular complexity index is 871. The fourth-order valence-electron chi connectivity index (χ4n) is 3.44. The largest absolute Gasteiger partial charge is 0.337 e. The van der Waals surface area contributed by atoms with Gasteiger partial charge in [0.25, 0.3) is 0 Å². The van der Waals surface area contributed by atoms with E-state index in [-0.39, 0.29) is 18.0 Å². The van der Waals surface area contributed by atoms with Crippen molar-refractivity contribution in [2.24, 2.45) is 0 Å². The molecule has 1 aromatic heterocycles. The van der Waals surface area contributed by atoms with Crippen LogP contribution in [0.4, 0.5) is 10.5 Å². The molecule has 142 valence electrons. The Hall–Kier alpha value is -2.90. The molecule has 4 rings (SSSR count). The predicted octanol–water partition coefficient (Wildman–Crippen LogP) is 2.11. The fraction of sp³-hybridized carbons (Fsp3) is 0.474. The van der Waals surface area contributed by atoms with Gasteiger partial charge in [0.05, 0.1) is 18.8 Å². The van der Waals surface area contributed by atoms with Gasteiger partial charge in [0.15, 0.2) is 0 Å². The van der Waals surface area contributed by atoms with Crippen molar-refractivity contribution in [2.45, 2.75) is 39.3 Å². The number of rotatable bonds is 4. The van der Waals surface area contributed by atoms with Gasteiger partial charge < -0.3 is 15.1 Å². The number of hydrogen-bond donors (Lipinski definition) is 1. The van der Waals surface area contributed by atoms with Crippen molar-refractivity contribution in [3.63, 3.8) is 0 Å². The minimum Gasteiger partial charge on any atom is -0.337 e. The van der Waals surface area contributed by atoms with Crippen LogP contribution in [-0.2, 0) is 11.3 Å². The molecule has 1 N–H and O–H groups in total. The second kappa shape index (κ2) is 7.02. The van der Waals surface area contributed by atoms with Gasteiger partial charge in [-0.25, -0.2) is 9.48 Å². The van der Waals surface area contributed by atoms with Crippen LogP contribution in [0.3, 0.4) is 0 Å². The van der Waals surface area contributed by atoms with Gasteiger partial charge in [0.1, 0.15) is 5.69 Å². The Morgan fingerprint density at radius 3 is 2.78 bits per heavy atom. The second-order valence-corrected chi connectivity index (χ2v) is 7.40. The van der Waals surface area contributed by atoms with Gasteiger partial charge in [-0.3, -0.25) is 4.79 Å². The van der Waals surface area contributed by atoms with Crippen molar-refractivity contribution in [2.75, 3.05) is 25.0 Å². The maximum atomic E-state index is 12.4. The molecule has 0 bridgehead atoms. The van der Waals surface area contributed by atoms with Gasteiger partial charge in [-0.15, -0.1) is 5.10 Å². The number of carbonyl (C=O) groups excluding carboxylic acids is 2. The normalized spacial score (nSPS) is 17.3. The van der Waals surface area contributed by atoms with Gasteiger partial charge in [-0.1, -0.05) is 11.3 Å². The van der Waals surface area contributed by atoms with E-state index in [1.165, 1.54) is 5.56 Å². The highest BCUT2D eigenvalue weighted by Gasteiger charge is 2.33. The number of carbonyl (C=O) groups is 2. The maximum Gasteiger partial charge on any atom is 0.321 e. The zero-order chi connectivity index (χ0) is 19.0. The molecule has 8 nitrogen and oxygen atoms in total. The first-order chi connectivity index (χ1) is 13.0. The van der Waals surface area contributed by atoms with Crippen LogP contribution in [-0.4, -0.2) is 56.4 Å². The third-order valence-corrected chi connectivity index (χ3v) is 5.36. The smallest absolute Gasteiger partial charge is 0.321 e. The first kappa shape index (κ1) is 17.5. The molecule has 2 fully saturated rings. The van der Waals surface area contributed by atoms with E-state index in [1.807, 2.05) is 43.1 Å². The summed E-state index contributed by atoms with van der Waals surface area (Å²) in [6, 6.07) is 5.93. The third-order valence-electron chi connectivity index (χ3n) is 5.36. The molecule has 0 radical (unpaired) electrons. The van der Waals surface area contributed by atoms with Crippen LogP contribution in [0.5, 0.6) is 0 Å². The first-order valence-corrected chi connectivity index (χ1v) is 9.31. The van der Waals surface area contributed by atoms with Crippen LogP contribution in [0.1, 0.15) is 35.7 Å². The molecule has 2 aliphatic heterocycles. The highest BCUT2D eigenvalue weighted by molar-refractivity contribution is 5.90. The average Bonchev–Trinajstić information content (AvgIpc) is 3.20. The zero-order valence-electron chi connectivity index (χ0n) is 15.7. The molecular formula is C19H24N6O2. The maximum absolute atomic E-state index is 12.4. The minimum absolute atomic E-state index is 0.0995. The number of hydrogen-bond acceptors (Lipinski definition) is 4. The van der Waals surface area contributed by atoms with E-state index in [1.54, 1.807) is 9.58 Å². The van der Waals surface area contributed by atoms with Gasteiger partial charge >= 0.3 is 6.03 Å². The molecule has 2 aliphatic rings. The van der Waals surface area contributed by atoms with Crippen molar-refractivity contribution in [3.05, 3.63) is 41.2 Å². The Labute approximate surface area is 158 Å². The molecule has 2 saturated heterocycles. The van der Waals surface area contributed by atoms with Crippen LogP contribution in [0, 0.1) is 13.8 Å². The number of likely N-dealkylation sites (tertiary alicyclic amines) is 2. The topological polar surface area (TPSA) is 83.4 Å². The molecule has 3 heterocycles. The van der Waals surface area contributed by atoms with Crippen molar-refractivity contribution < 1.29 is 9.59 Å². The summed E-state index contributed by atoms with van der Waals surface area (Å²) in [6.45, 7) is 6.59. The monoisotopic (exact) mass is 368 g/mol. The average molecular weight is 368 g/mol. The number of aromatic nitrogens is 3. The van der Waals surface area contributed by atoms with Crippen molar-refractivity contribution in [1.82, 2.24) is 24.8 Å². The quantitative estimate of drug-likeness (QED) is 0.896. The minimum atomic E-state index is -0.0995. The van der Waals surface area contributed by atoms with Crippen LogP contribution in [0.15, 0.2) is 24.4 Å². The second-order valence-electron chi connectivity index (χ2n) is 7.40. The van der Waals surface area contributed by atoms with Crippen molar-refractivity contribution >= 4 is 17.6 Å². The van der Waals surface area contributed by atoms with Gasteiger partial charge in [-0.2, -0.15) is 0 Å². The Morgan fingerprint density at radius 1 is 1.26 bits per heavy atom. The number of urea groups is 1. The number of amides is 3. The highest BCUT2D eigenvalue weighted by atomic mass is 16.2. The lowest BCUT2D eigenvalue weighted by Crippen LogP contribution is -2.52. The Kier molecular flexibility index (Phi) is 4.55. The molecule has 2 aromatic rings. The summed E-state index contributed by atoms with van der Waals surface area (Å²) < 4.78 is 1.80. The number of nitrogens with zero attached hydrogens (tertiary/aromatic N) is 5. The van der Waals surface area contributed by atoms with E-state index in [2.05, 4.69) is 15.6 Å². The SMILES string of the molecule is Cc1ccc(NC(=O)N2CC(n3cc(CN4CCCC4=O)nn3)C2)cc1C. The number of aryl methyl sites for hydroxylation is 2. The molecule has 0 spiro atoms. The number of benzene rings is 1. The fourth-order valence-corrected chi connectivity index (χ4v) is 3.44. The highest BCUT2D eigenvalue weighted by Crippen LogP contribution is 2.23. The number of anilines is 1. The van der Waals surface area contributed by atoms with Gasteiger partial charge in [0, 0.05) is 31.7 Å². The summed E-state index contributed by atoms with van der Waals surface area (Å²) in [5, 5.41) is 11.3. The zero-order valence-corrected chi connectivity index (χ0v) is 15.7. The lowest BCUT2D eigenvalue weighted by atomic mass is 10.1. The standard InChI is InChI=1S/C19H24N6O2/c1-13-5-6-15(8-14(13)2)20-19(27)24-11-17(12-24)25-10-16(21-22-25)9-23-7-3-4-18(23)26/h5-6,8,10,17H,3-4,7,9,11-12H2,1-2H3,(H,20,27). The number of nitrogens with one attached hydrogen (secondary N) is 1. The van der Waals surface area contributed by atoms with Crippen LogP contribution in [0.2, 0.25) is 0 Å². The van der Waals surface area contributed by atoms with Crippen molar-refractivity contribution in [1.29, 1.82) is 0 Å². The molecule has 27 heavy (non-hydrogen) atoms. The molecular weight excluding hydrogens is 344 g/mol. The Morgan fingerprint density at radius 2 is 2.07 bits per heavy atom. The summed E-state index contributed by atoms with van der Waals surface area (Å²) >= 11 is 0. The molecule has 0 saturated carbocycles. The van der Waals surface area contributed by atoms with Crippen LogP contribution >= 0.6 is 0 Å². The molecule has 0 unspecified atom stereocenters. The van der Waals surface area contributed by atoms with E-state index in [9.17, 15) is 9.59 Å². The molecule has 1 aromatic carbocycles. The third kappa shape index (κ3) is 3.65.